The quantitative estimate of drug-likeness (QED) is 0.0243. The summed E-state index contributed by atoms with van der Waals surface area (Å²) in [4.78, 5) is 65.1. The average Bonchev–Trinajstić information content (AvgIpc) is 1.61. The summed E-state index contributed by atoms with van der Waals surface area (Å²) < 4.78 is 499. The topological polar surface area (TPSA) is 463 Å². The molecule has 0 aliphatic carbocycles. The molecule has 12 aromatic heterocycles. The van der Waals surface area contributed by atoms with Crippen LogP contribution in [0.2, 0.25) is 0 Å². The lowest BCUT2D eigenvalue weighted by Crippen LogP contribution is -2.05. The molecule has 0 fully saturated rings. The summed E-state index contributed by atoms with van der Waals surface area (Å²) in [6, 6.07) is 3.90. The number of hydrogen-bond donors (Lipinski definition) is 6. The molecule has 18 rings (SSSR count). The van der Waals surface area contributed by atoms with E-state index >= 15 is 0 Å². The number of H-pyrrole nitrogens is 6. The van der Waals surface area contributed by atoms with Crippen molar-refractivity contribution in [2.75, 3.05) is 84.7 Å². The van der Waals surface area contributed by atoms with Gasteiger partial charge in [-0.2, -0.15) is 0 Å². The first-order chi connectivity index (χ1) is 87.6. The molecule has 0 radical (unpaired) electrons. The van der Waals surface area contributed by atoms with Crippen molar-refractivity contribution in [3.05, 3.63) is 247 Å². The van der Waals surface area contributed by atoms with Gasteiger partial charge >= 0.3 is 0 Å². The smallest absolute Gasteiger partial charge is 0.197 e. The molecule has 0 aliphatic rings. The van der Waals surface area contributed by atoms with E-state index < -0.39 is 204 Å². The van der Waals surface area contributed by atoms with E-state index in [0.717, 1.165) is 0 Å². The third-order valence-electron chi connectivity index (χ3n) is 20.6. The molecule has 6 unspecified atom stereocenters. The molecule has 0 amide bonds. The van der Waals surface area contributed by atoms with Crippen molar-refractivity contribution in [1.29, 1.82) is 0 Å². The lowest BCUT2D eigenvalue weighted by molar-refractivity contribution is 0.407. The van der Waals surface area contributed by atoms with E-state index in [-0.39, 0.29) is 214 Å². The molecule has 0 saturated heterocycles. The summed E-state index contributed by atoms with van der Waals surface area (Å²) in [5.41, 5.74) is -6.28. The molecule has 144 heavy (non-hydrogen) atoms. The Bertz CT molecular complexity index is 10200. The Morgan fingerprint density at radius 1 is 0.257 bits per heavy atom. The molecule has 42 heteroatoms. The second-order valence-electron chi connectivity index (χ2n) is 30.0. The van der Waals surface area contributed by atoms with Crippen LogP contribution in [0.4, 0.5) is 0 Å². The number of aryl methyl sites for hydroxylation is 6. The summed E-state index contributed by atoms with van der Waals surface area (Å²) in [6.45, 7) is 18.4. The molecule has 0 spiro atoms. The molecule has 36 nitrogen and oxygen atoms in total. The molecule has 756 valence electrons. The maximum atomic E-state index is 13.3. The maximum Gasteiger partial charge on any atom is 0.197 e. The fourth-order valence-electron chi connectivity index (χ4n) is 13.1. The number of aromatic amines is 6. The highest BCUT2D eigenvalue weighted by atomic mass is 32.2. The minimum Gasteiger partial charge on any atom is -0.497 e. The number of aromatic nitrogens is 18. The van der Waals surface area contributed by atoms with Crippen molar-refractivity contribution in [3.63, 3.8) is 0 Å². The fourth-order valence-corrected chi connectivity index (χ4v) is 18.7. The predicted octanol–water partition coefficient (Wildman–Crippen LogP) is 17.4. The van der Waals surface area contributed by atoms with Gasteiger partial charge in [-0.3, -0.25) is 55.2 Å². The van der Waals surface area contributed by atoms with Crippen molar-refractivity contribution in [3.8, 4) is 69.0 Å². The molecule has 0 bridgehead atoms. The Morgan fingerprint density at radius 3 is 0.715 bits per heavy atom. The first-order valence-corrected chi connectivity index (χ1v) is 48.4. The highest BCUT2D eigenvalue weighted by molar-refractivity contribution is 7.85. The number of pyridine rings is 6. The van der Waals surface area contributed by atoms with Crippen molar-refractivity contribution >= 4 is 131 Å². The van der Waals surface area contributed by atoms with Crippen LogP contribution in [0.5, 0.6) is 69.0 Å². The van der Waals surface area contributed by atoms with E-state index in [0.29, 0.717) is 83.7 Å². The van der Waals surface area contributed by atoms with Gasteiger partial charge < -0.3 is 86.7 Å². The van der Waals surface area contributed by atoms with Gasteiger partial charge in [0.25, 0.3) is 0 Å². The Balaban J connectivity index is 0.000000185. The fraction of sp³-hybridized carbons (Fsp3) is 0.294. The third kappa shape index (κ3) is 25.0. The van der Waals surface area contributed by atoms with Crippen LogP contribution in [-0.4, -0.2) is 200 Å². The van der Waals surface area contributed by atoms with Gasteiger partial charge in [0.05, 0.1) is 338 Å². The number of nitrogens with one attached hydrogen (secondary N) is 6. The number of imidazole rings is 6. The van der Waals surface area contributed by atoms with Gasteiger partial charge in [-0.25, -0.2) is 29.9 Å². The summed E-state index contributed by atoms with van der Waals surface area (Å²) in [6.07, 6.45) is 7.77. The summed E-state index contributed by atoms with van der Waals surface area (Å²) in [5.74, 6) is -1.29. The van der Waals surface area contributed by atoms with Crippen LogP contribution < -0.4 is 56.8 Å². The largest absolute Gasteiger partial charge is 0.497 e. The van der Waals surface area contributed by atoms with Crippen LogP contribution >= 0.6 is 0 Å². The van der Waals surface area contributed by atoms with Crippen LogP contribution in [0.3, 0.4) is 0 Å². The third-order valence-corrected chi connectivity index (χ3v) is 26.6. The van der Waals surface area contributed by atoms with Gasteiger partial charge in [-0.15, -0.1) is 0 Å². The number of nitrogens with zero attached hydrogens (tertiary/aromatic N) is 12. The number of ether oxygens (including phenoxy) is 12. The zero-order valence-corrected chi connectivity index (χ0v) is 82.9. The average molecular weight is 2120 g/mol. The molecule has 6 atom stereocenters. The van der Waals surface area contributed by atoms with Crippen molar-refractivity contribution in [1.82, 2.24) is 89.7 Å². The van der Waals surface area contributed by atoms with E-state index in [1.54, 1.807) is 66.7 Å². The molecule has 0 aliphatic heterocycles. The molecule has 0 saturated carbocycles. The van der Waals surface area contributed by atoms with E-state index in [9.17, 15) is 25.3 Å². The second-order valence-corrected chi connectivity index (χ2v) is 37.2. The van der Waals surface area contributed by atoms with Crippen molar-refractivity contribution in [2.45, 2.75) is 148 Å². The van der Waals surface area contributed by atoms with Gasteiger partial charge in [0.15, 0.2) is 30.9 Å². The van der Waals surface area contributed by atoms with E-state index in [1.165, 1.54) is 111 Å². The predicted molar refractivity (Wildman–Crippen MR) is 558 cm³/mol. The first kappa shape index (κ1) is 60.2. The van der Waals surface area contributed by atoms with Gasteiger partial charge in [-0.05, 0) is 156 Å². The van der Waals surface area contributed by atoms with Gasteiger partial charge in [-0.1, -0.05) is 0 Å². The Morgan fingerprint density at radius 2 is 0.465 bits per heavy atom. The van der Waals surface area contributed by atoms with Crippen LogP contribution in [0.25, 0.3) is 66.2 Å². The number of benzene rings is 6. The number of methoxy groups -OCH3 is 12. The summed E-state index contributed by atoms with van der Waals surface area (Å²) in [7, 11) is -34.3. The van der Waals surface area contributed by atoms with Crippen LogP contribution in [0, 0.1) is 83.1 Å². The van der Waals surface area contributed by atoms with Gasteiger partial charge in [0.1, 0.15) is 69.0 Å². The minimum absolute atomic E-state index is 0.000227. The zero-order chi connectivity index (χ0) is 144. The molecular formula is C102H114N18O18S6. The Kier molecular flexibility index (Phi) is 20.3. The Hall–Kier alpha value is -14.5. The maximum absolute atomic E-state index is 13.3. The van der Waals surface area contributed by atoms with E-state index in [1.807, 2.05) is 0 Å². The molecular weight excluding hydrogens is 1960 g/mol. The normalized spacial score (nSPS) is 18.3. The zero-order valence-electron chi connectivity index (χ0n) is 125. The lowest BCUT2D eigenvalue weighted by atomic mass is 10.1. The number of fused-ring (bicyclic) bond motifs is 6. The lowest BCUT2D eigenvalue weighted by Gasteiger charge is -2.11. The first-order valence-electron chi connectivity index (χ1n) is 64.6. The summed E-state index contributed by atoms with van der Waals surface area (Å²) >= 11 is 0. The SMILES string of the molecule is [2H]C([2H])([2H])Oc1c(C)cnc(C([2H])([2H])S(=O)c2nc3ccc(OC)cc3[nH]2)c1C.[2H]C([2H])([2H])Oc1ccc2nc(S(=O)C([2H])([2H])c3ncc(C)c(OC([2H])([2H])[2H])c3C)[nH]c2c1.[2H]c1c(OC([2H])([2H])[2H])c([2H])c2[nH]c(S(=O)C([2H])([2H])c3ncc(C)c(OC([2H])([2H])[2H])c3C)nc2c1[2H].[2H]c1c(OC([2H])([2H])[2H])c([2H])c2[nH]c(S(=O)Cc3ncc(C)c(OC([2H])([2H])[2H])c3C)nc2c1[2H].[2H]c1c(OC)c([2H])c2[nH]c(S(=O)C([2H])([2H])c3ncc(C)c(OC([2H])([2H])[2H])c3C)nc2c1[2H].[2H]c1c(OC)c([2H])c2[nH]c(S(=O)Cc3ncc(C)c(OC([2H])([2H])[2H])c3C)nc2c1[2H]. The molecule has 18 aromatic rings. The number of hydrogen-bond acceptors (Lipinski definition) is 30. The van der Waals surface area contributed by atoms with Gasteiger partial charge in [0, 0.05) is 151 Å². The Labute approximate surface area is 913 Å². The van der Waals surface area contributed by atoms with Gasteiger partial charge in [0.2, 0.25) is 0 Å². The van der Waals surface area contributed by atoms with Crippen molar-refractivity contribution < 1.29 is 147 Å². The van der Waals surface area contributed by atoms with Crippen LogP contribution in [-0.2, 0) is 99.1 Å². The van der Waals surface area contributed by atoms with E-state index in [2.05, 4.69) is 94.4 Å². The monoisotopic (exact) mass is 2120 g/mol. The number of rotatable bonds is 30. The standard InChI is InChI=1S/6C17H19N3O3S/c6*1-10-8-18-15(11(2)16(10)23-4)9-24(21)17-19-13-6-5-12(22-3)7-14(13)20-17/h6*5-8H,9H2,1-4H3,(H,19,20)/i3D3,4D3,5D,6D,7D,9D2;4D3,5D,6D,7D,9D2;3D3,4D3,5D,6D,7D;4D3,5D,6D,7D;3D3,4D3,9D2;4D3,9D2. The molecule has 6 aromatic carbocycles. The van der Waals surface area contributed by atoms with E-state index in [4.69, 9.17) is 117 Å². The van der Waals surface area contributed by atoms with Crippen molar-refractivity contribution in [2.24, 2.45) is 0 Å². The minimum atomic E-state index is -3.00. The molecule has 6 N–H and O–H groups in total. The summed E-state index contributed by atoms with van der Waals surface area (Å²) in [5, 5.41) is -1.29. The molecule has 12 heterocycles. The second kappa shape index (κ2) is 48.5. The van der Waals surface area contributed by atoms with Crippen LogP contribution in [0.1, 0.15) is 165 Å². The van der Waals surface area contributed by atoms with Crippen LogP contribution in [0.15, 0.2) is 177 Å². The highest BCUT2D eigenvalue weighted by Gasteiger charge is 2.25. The highest BCUT2D eigenvalue weighted by Crippen LogP contribution is 2.36.